The van der Waals surface area contributed by atoms with Gasteiger partial charge in [-0.3, -0.25) is 9.78 Å². The number of aromatic nitrogens is 4. The molecule has 0 aliphatic carbocycles. The van der Waals surface area contributed by atoms with Crippen molar-refractivity contribution in [3.05, 3.63) is 96.1 Å². The van der Waals surface area contributed by atoms with Crippen LogP contribution in [-0.2, 0) is 13.0 Å². The van der Waals surface area contributed by atoms with Crippen molar-refractivity contribution >= 4 is 11.9 Å². The average Bonchev–Trinajstić information content (AvgIpc) is 3.19. The summed E-state index contributed by atoms with van der Waals surface area (Å²) in [7, 11) is 0. The smallest absolute Gasteiger partial charge is 0.254 e. The Morgan fingerprint density at radius 1 is 0.966 bits per heavy atom. The number of nitrogens with zero attached hydrogens (tertiary/aromatic N) is 4. The summed E-state index contributed by atoms with van der Waals surface area (Å²) in [4.78, 5) is 21.5. The van der Waals surface area contributed by atoms with Crippen molar-refractivity contribution < 1.29 is 9.18 Å². The van der Waals surface area contributed by atoms with Crippen molar-refractivity contribution in [3.63, 3.8) is 0 Å². The van der Waals surface area contributed by atoms with E-state index < -0.39 is 0 Å². The molecule has 2 aromatic carbocycles. The Bertz CT molecular complexity index is 1100. The van der Waals surface area contributed by atoms with Crippen LogP contribution < -0.4 is 5.32 Å². The number of hydrogen-bond donors (Lipinski definition) is 1. The van der Waals surface area contributed by atoms with E-state index in [0.717, 1.165) is 11.1 Å². The number of hydrogen-bond acceptors (Lipinski definition) is 5. The largest absolute Gasteiger partial charge is 0.350 e. The van der Waals surface area contributed by atoms with Gasteiger partial charge in [-0.2, -0.15) is 9.67 Å². The van der Waals surface area contributed by atoms with Gasteiger partial charge in [0.05, 0.1) is 6.42 Å². The Morgan fingerprint density at radius 2 is 1.76 bits per heavy atom. The van der Waals surface area contributed by atoms with Crippen LogP contribution in [-0.4, -0.2) is 25.7 Å². The van der Waals surface area contributed by atoms with Gasteiger partial charge in [0.1, 0.15) is 5.82 Å². The highest BCUT2D eigenvalue weighted by molar-refractivity contribution is 5.83. The quantitative estimate of drug-likeness (QED) is 0.542. The number of carbonyl (C=O) groups is 1. The van der Waals surface area contributed by atoms with E-state index in [4.69, 9.17) is 0 Å². The van der Waals surface area contributed by atoms with E-state index >= 15 is 0 Å². The molecule has 7 heteroatoms. The lowest BCUT2D eigenvalue weighted by molar-refractivity contribution is 0.0901. The SMILES string of the molecule is O=C(Cc1ccccc1)n1nc(-c2cccnc2)nc1NCc1ccc(F)cc1. The highest BCUT2D eigenvalue weighted by Crippen LogP contribution is 2.18. The van der Waals surface area contributed by atoms with Gasteiger partial charge in [-0.05, 0) is 35.4 Å². The summed E-state index contributed by atoms with van der Waals surface area (Å²) in [6.07, 6.45) is 3.50. The van der Waals surface area contributed by atoms with Crippen LogP contribution in [0, 0.1) is 5.82 Å². The lowest BCUT2D eigenvalue weighted by Crippen LogP contribution is -2.18. The van der Waals surface area contributed by atoms with Crippen molar-refractivity contribution in [1.82, 2.24) is 19.7 Å². The zero-order chi connectivity index (χ0) is 20.1. The molecule has 6 nitrogen and oxygen atoms in total. The molecule has 4 rings (SSSR count). The van der Waals surface area contributed by atoms with E-state index in [0.29, 0.717) is 23.9 Å². The zero-order valence-electron chi connectivity index (χ0n) is 15.5. The van der Waals surface area contributed by atoms with Crippen molar-refractivity contribution in [2.24, 2.45) is 0 Å². The van der Waals surface area contributed by atoms with E-state index in [1.54, 1.807) is 30.6 Å². The third-order valence-corrected chi connectivity index (χ3v) is 4.33. The van der Waals surface area contributed by atoms with Crippen LogP contribution in [0.1, 0.15) is 15.9 Å². The maximum atomic E-state index is 13.1. The minimum absolute atomic E-state index is 0.196. The third kappa shape index (κ3) is 4.52. The van der Waals surface area contributed by atoms with Gasteiger partial charge in [0.25, 0.3) is 5.91 Å². The first-order valence-electron chi connectivity index (χ1n) is 9.12. The summed E-state index contributed by atoms with van der Waals surface area (Å²) in [5, 5.41) is 7.53. The normalized spacial score (nSPS) is 10.7. The van der Waals surface area contributed by atoms with Crippen molar-refractivity contribution in [1.29, 1.82) is 0 Å². The third-order valence-electron chi connectivity index (χ3n) is 4.33. The molecular formula is C22H18FN5O. The maximum absolute atomic E-state index is 13.1. The summed E-state index contributed by atoms with van der Waals surface area (Å²) < 4.78 is 14.4. The summed E-state index contributed by atoms with van der Waals surface area (Å²) >= 11 is 0. The molecule has 0 spiro atoms. The fraction of sp³-hybridized carbons (Fsp3) is 0.0909. The monoisotopic (exact) mass is 387 g/mol. The predicted molar refractivity (Wildman–Crippen MR) is 108 cm³/mol. The van der Waals surface area contributed by atoms with E-state index in [2.05, 4.69) is 20.4 Å². The van der Waals surface area contributed by atoms with E-state index in [1.165, 1.54) is 16.8 Å². The molecule has 29 heavy (non-hydrogen) atoms. The van der Waals surface area contributed by atoms with Gasteiger partial charge in [-0.15, -0.1) is 5.10 Å². The van der Waals surface area contributed by atoms with Gasteiger partial charge in [0.2, 0.25) is 5.95 Å². The molecule has 2 aromatic heterocycles. The second-order valence-corrected chi connectivity index (χ2v) is 6.45. The van der Waals surface area contributed by atoms with Crippen LogP contribution in [0.5, 0.6) is 0 Å². The standard InChI is InChI=1S/C22H18FN5O/c23-19-10-8-17(9-11-19)14-25-22-26-21(18-7-4-12-24-15-18)27-28(22)20(29)13-16-5-2-1-3-6-16/h1-12,15H,13-14H2,(H,25,26,27). The molecule has 1 N–H and O–H groups in total. The Hall–Kier alpha value is -3.87. The molecule has 0 aliphatic rings. The minimum atomic E-state index is -0.297. The number of halogens is 1. The minimum Gasteiger partial charge on any atom is -0.350 e. The van der Waals surface area contributed by atoms with Crippen LogP contribution in [0.15, 0.2) is 79.1 Å². The Morgan fingerprint density at radius 3 is 2.48 bits per heavy atom. The fourth-order valence-electron chi connectivity index (χ4n) is 2.85. The molecule has 0 fully saturated rings. The highest BCUT2D eigenvalue weighted by Gasteiger charge is 2.17. The predicted octanol–water partition coefficient (Wildman–Crippen LogP) is 3.97. The lowest BCUT2D eigenvalue weighted by Gasteiger charge is -2.07. The van der Waals surface area contributed by atoms with Gasteiger partial charge < -0.3 is 5.32 Å². The molecular weight excluding hydrogens is 369 g/mol. The highest BCUT2D eigenvalue weighted by atomic mass is 19.1. The first-order chi connectivity index (χ1) is 14.2. The molecule has 2 heterocycles. The van der Waals surface area contributed by atoms with Crippen molar-refractivity contribution in [3.8, 4) is 11.4 Å². The van der Waals surface area contributed by atoms with Gasteiger partial charge in [-0.25, -0.2) is 4.39 Å². The van der Waals surface area contributed by atoms with Crippen LogP contribution in [0.25, 0.3) is 11.4 Å². The topological polar surface area (TPSA) is 72.7 Å². The molecule has 0 bridgehead atoms. The van der Waals surface area contributed by atoms with Gasteiger partial charge in [0, 0.05) is 24.5 Å². The summed E-state index contributed by atoms with van der Waals surface area (Å²) in [6.45, 7) is 0.379. The van der Waals surface area contributed by atoms with Crippen LogP contribution in [0.4, 0.5) is 10.3 Å². The fourth-order valence-corrected chi connectivity index (χ4v) is 2.85. The first-order valence-corrected chi connectivity index (χ1v) is 9.12. The van der Waals surface area contributed by atoms with Crippen molar-refractivity contribution in [2.45, 2.75) is 13.0 Å². The van der Waals surface area contributed by atoms with E-state index in [-0.39, 0.29) is 18.1 Å². The van der Waals surface area contributed by atoms with Gasteiger partial charge in [-0.1, -0.05) is 42.5 Å². The Labute approximate surface area is 167 Å². The molecule has 0 radical (unpaired) electrons. The van der Waals surface area contributed by atoms with Gasteiger partial charge in [0.15, 0.2) is 5.82 Å². The van der Waals surface area contributed by atoms with E-state index in [1.807, 2.05) is 36.4 Å². The number of anilines is 1. The number of pyridine rings is 1. The summed E-state index contributed by atoms with van der Waals surface area (Å²) in [5.74, 6) is 0.226. The summed E-state index contributed by atoms with van der Waals surface area (Å²) in [5.41, 5.74) is 2.46. The number of nitrogens with one attached hydrogen (secondary N) is 1. The number of benzene rings is 2. The van der Waals surface area contributed by atoms with Crippen LogP contribution >= 0.6 is 0 Å². The van der Waals surface area contributed by atoms with Crippen LogP contribution in [0.2, 0.25) is 0 Å². The number of carbonyl (C=O) groups excluding carboxylic acids is 1. The molecule has 0 saturated heterocycles. The molecule has 4 aromatic rings. The maximum Gasteiger partial charge on any atom is 0.254 e. The van der Waals surface area contributed by atoms with Crippen molar-refractivity contribution in [2.75, 3.05) is 5.32 Å². The van der Waals surface area contributed by atoms with Crippen LogP contribution in [0.3, 0.4) is 0 Å². The van der Waals surface area contributed by atoms with Gasteiger partial charge >= 0.3 is 0 Å². The Kier molecular flexibility index (Phi) is 5.38. The zero-order valence-corrected chi connectivity index (χ0v) is 15.5. The molecule has 0 atom stereocenters. The molecule has 0 aliphatic heterocycles. The lowest BCUT2D eigenvalue weighted by atomic mass is 10.1. The number of rotatable bonds is 6. The molecule has 0 unspecified atom stereocenters. The first kappa shape index (κ1) is 18.5. The average molecular weight is 387 g/mol. The second-order valence-electron chi connectivity index (χ2n) is 6.45. The van der Waals surface area contributed by atoms with E-state index in [9.17, 15) is 9.18 Å². The Balaban J connectivity index is 1.61. The summed E-state index contributed by atoms with van der Waals surface area (Å²) in [6, 6.07) is 19.2. The molecule has 0 saturated carbocycles. The molecule has 0 amide bonds. The molecule has 144 valence electrons. The second kappa shape index (κ2) is 8.43.